The Morgan fingerprint density at radius 3 is 2.48 bits per heavy atom. The molecule has 2 aromatic heterocycles. The minimum atomic E-state index is -0.151. The Hall–Kier alpha value is -2.50. The largest absolute Gasteiger partial charge is 0.291 e. The van der Waals surface area contributed by atoms with Crippen LogP contribution in [-0.2, 0) is 0 Å². The topological polar surface area (TPSA) is 47.3 Å². The Labute approximate surface area is 140 Å². The van der Waals surface area contributed by atoms with Crippen molar-refractivity contribution in [2.75, 3.05) is 0 Å². The van der Waals surface area contributed by atoms with E-state index >= 15 is 0 Å². The second-order valence-electron chi connectivity index (χ2n) is 4.96. The fraction of sp³-hybridized carbons (Fsp3) is 0. The molecule has 0 radical (unpaired) electrons. The summed E-state index contributed by atoms with van der Waals surface area (Å²) in [5, 5.41) is 4.97. The zero-order chi connectivity index (χ0) is 15.8. The first-order valence-electron chi connectivity index (χ1n) is 6.93. The van der Waals surface area contributed by atoms with Crippen molar-refractivity contribution in [3.05, 3.63) is 80.1 Å². The van der Waals surface area contributed by atoms with Crippen molar-refractivity contribution in [3.8, 4) is 11.4 Å². The van der Waals surface area contributed by atoms with Gasteiger partial charge in [0, 0.05) is 10.6 Å². The van der Waals surface area contributed by atoms with Crippen LogP contribution in [0.3, 0.4) is 0 Å². The second kappa shape index (κ2) is 5.61. The molecule has 0 bridgehead atoms. The third kappa shape index (κ3) is 2.65. The minimum absolute atomic E-state index is 0.151. The molecule has 0 N–H and O–H groups in total. The number of hydrogen-bond donors (Lipinski definition) is 0. The van der Waals surface area contributed by atoms with E-state index in [0.717, 1.165) is 11.1 Å². The summed E-state index contributed by atoms with van der Waals surface area (Å²) >= 11 is 7.21. The van der Waals surface area contributed by atoms with E-state index < -0.39 is 0 Å². The molecular formula is C17H10ClN3OS. The van der Waals surface area contributed by atoms with Crippen molar-refractivity contribution in [2.45, 2.75) is 0 Å². The zero-order valence-electron chi connectivity index (χ0n) is 11.8. The molecule has 23 heavy (non-hydrogen) atoms. The van der Waals surface area contributed by atoms with Crippen LogP contribution in [0.5, 0.6) is 0 Å². The normalized spacial score (nSPS) is 12.1. The molecule has 4 nitrogen and oxygen atoms in total. The van der Waals surface area contributed by atoms with Gasteiger partial charge in [0.2, 0.25) is 4.96 Å². The first kappa shape index (κ1) is 14.1. The van der Waals surface area contributed by atoms with Crippen molar-refractivity contribution < 1.29 is 0 Å². The van der Waals surface area contributed by atoms with Crippen molar-refractivity contribution in [1.82, 2.24) is 14.6 Å². The molecule has 0 atom stereocenters. The molecule has 2 heterocycles. The molecule has 2 aromatic carbocycles. The van der Waals surface area contributed by atoms with Gasteiger partial charge in [-0.25, -0.2) is 0 Å². The highest BCUT2D eigenvalue weighted by atomic mass is 35.5. The van der Waals surface area contributed by atoms with Crippen LogP contribution in [-0.4, -0.2) is 14.6 Å². The highest BCUT2D eigenvalue weighted by molar-refractivity contribution is 7.15. The van der Waals surface area contributed by atoms with E-state index in [2.05, 4.69) is 10.1 Å². The van der Waals surface area contributed by atoms with Crippen molar-refractivity contribution in [2.24, 2.45) is 0 Å². The van der Waals surface area contributed by atoms with Gasteiger partial charge in [0.25, 0.3) is 5.56 Å². The minimum Gasteiger partial charge on any atom is -0.266 e. The van der Waals surface area contributed by atoms with Gasteiger partial charge in [0.05, 0.1) is 4.53 Å². The van der Waals surface area contributed by atoms with Crippen LogP contribution in [0.4, 0.5) is 0 Å². The molecule has 112 valence electrons. The summed E-state index contributed by atoms with van der Waals surface area (Å²) < 4.78 is 1.97. The first-order chi connectivity index (χ1) is 11.2. The van der Waals surface area contributed by atoms with Gasteiger partial charge in [0.15, 0.2) is 5.82 Å². The quantitative estimate of drug-likeness (QED) is 0.564. The van der Waals surface area contributed by atoms with Crippen LogP contribution in [0.2, 0.25) is 5.02 Å². The molecule has 4 aromatic rings. The smallest absolute Gasteiger partial charge is 0.266 e. The fourth-order valence-electron chi connectivity index (χ4n) is 2.26. The number of hydrogen-bond acceptors (Lipinski definition) is 4. The molecule has 0 spiro atoms. The lowest BCUT2D eigenvalue weighted by Gasteiger charge is -1.93. The molecule has 0 aliphatic carbocycles. The van der Waals surface area contributed by atoms with Crippen LogP contribution in [0.15, 0.2) is 59.4 Å². The van der Waals surface area contributed by atoms with Gasteiger partial charge in [-0.2, -0.15) is 9.50 Å². The highest BCUT2D eigenvalue weighted by Gasteiger charge is 2.11. The van der Waals surface area contributed by atoms with Crippen LogP contribution in [0.25, 0.3) is 22.4 Å². The number of thiazole rings is 1. The van der Waals surface area contributed by atoms with Gasteiger partial charge >= 0.3 is 0 Å². The second-order valence-corrected chi connectivity index (χ2v) is 6.41. The van der Waals surface area contributed by atoms with E-state index in [9.17, 15) is 4.79 Å². The summed E-state index contributed by atoms with van der Waals surface area (Å²) in [6, 6.07) is 16.9. The summed E-state index contributed by atoms with van der Waals surface area (Å²) in [5.41, 5.74) is 1.66. The monoisotopic (exact) mass is 339 g/mol. The number of benzene rings is 2. The van der Waals surface area contributed by atoms with E-state index in [4.69, 9.17) is 11.6 Å². The lowest BCUT2D eigenvalue weighted by Crippen LogP contribution is -2.23. The molecule has 0 fully saturated rings. The molecule has 4 rings (SSSR count). The van der Waals surface area contributed by atoms with E-state index in [-0.39, 0.29) is 5.56 Å². The van der Waals surface area contributed by atoms with E-state index in [1.165, 1.54) is 15.9 Å². The molecule has 0 amide bonds. The SMILES string of the molecule is O=c1/c(=C\c2ccccc2)sc2nc(-c3ccc(Cl)cc3)nn12. The Balaban J connectivity index is 1.82. The molecule has 0 saturated carbocycles. The van der Waals surface area contributed by atoms with E-state index in [1.807, 2.05) is 48.5 Å². The summed E-state index contributed by atoms with van der Waals surface area (Å²) in [5.74, 6) is 0.524. The van der Waals surface area contributed by atoms with Gasteiger partial charge in [-0.05, 0) is 35.9 Å². The molecule has 6 heteroatoms. The first-order valence-corrected chi connectivity index (χ1v) is 8.12. The highest BCUT2D eigenvalue weighted by Crippen LogP contribution is 2.19. The lowest BCUT2D eigenvalue weighted by molar-refractivity contribution is 0.937. The molecule has 0 unspecified atom stereocenters. The standard InChI is InChI=1S/C17H10ClN3OS/c18-13-8-6-12(7-9-13)15-19-17-21(20-15)16(22)14(23-17)10-11-4-2-1-3-5-11/h1-10H/b14-10+. The predicted molar refractivity (Wildman–Crippen MR) is 92.8 cm³/mol. The van der Waals surface area contributed by atoms with Crippen LogP contribution >= 0.6 is 22.9 Å². The maximum Gasteiger partial charge on any atom is 0.291 e. The third-order valence-electron chi connectivity index (χ3n) is 3.38. The molecule has 0 saturated heterocycles. The van der Waals surface area contributed by atoms with Gasteiger partial charge < -0.3 is 0 Å². The fourth-order valence-corrected chi connectivity index (χ4v) is 3.29. The third-order valence-corrected chi connectivity index (χ3v) is 4.59. The van der Waals surface area contributed by atoms with E-state index in [1.54, 1.807) is 12.1 Å². The zero-order valence-corrected chi connectivity index (χ0v) is 13.4. The maximum atomic E-state index is 12.5. The van der Waals surface area contributed by atoms with Crippen molar-refractivity contribution in [1.29, 1.82) is 0 Å². The van der Waals surface area contributed by atoms with Gasteiger partial charge in [-0.1, -0.05) is 53.3 Å². The summed E-state index contributed by atoms with van der Waals surface area (Å²) in [6.07, 6.45) is 1.85. The lowest BCUT2D eigenvalue weighted by atomic mass is 10.2. The summed E-state index contributed by atoms with van der Waals surface area (Å²) in [7, 11) is 0. The summed E-state index contributed by atoms with van der Waals surface area (Å²) in [6.45, 7) is 0. The number of rotatable bonds is 2. The predicted octanol–water partition coefficient (Wildman–Crippen LogP) is 3.02. The van der Waals surface area contributed by atoms with Gasteiger partial charge in [-0.3, -0.25) is 4.79 Å². The molecular weight excluding hydrogens is 330 g/mol. The maximum absolute atomic E-state index is 12.5. The van der Waals surface area contributed by atoms with Crippen LogP contribution in [0.1, 0.15) is 5.56 Å². The van der Waals surface area contributed by atoms with Crippen LogP contribution in [0, 0.1) is 0 Å². The Kier molecular flexibility index (Phi) is 3.44. The molecule has 0 aliphatic rings. The van der Waals surface area contributed by atoms with Gasteiger partial charge in [0.1, 0.15) is 0 Å². The Morgan fingerprint density at radius 1 is 1.04 bits per heavy atom. The Morgan fingerprint density at radius 2 is 1.78 bits per heavy atom. The average Bonchev–Trinajstić information content (AvgIpc) is 3.10. The summed E-state index contributed by atoms with van der Waals surface area (Å²) in [4.78, 5) is 17.5. The Bertz CT molecular complexity index is 1080. The number of fused-ring (bicyclic) bond motifs is 1. The average molecular weight is 340 g/mol. The molecule has 0 aliphatic heterocycles. The number of nitrogens with zero attached hydrogens (tertiary/aromatic N) is 3. The van der Waals surface area contributed by atoms with Crippen LogP contribution < -0.4 is 10.1 Å². The van der Waals surface area contributed by atoms with Crippen molar-refractivity contribution in [3.63, 3.8) is 0 Å². The number of aromatic nitrogens is 3. The number of halogens is 1. The van der Waals surface area contributed by atoms with E-state index in [0.29, 0.717) is 20.3 Å². The van der Waals surface area contributed by atoms with Gasteiger partial charge in [-0.15, -0.1) is 5.10 Å². The van der Waals surface area contributed by atoms with Crippen molar-refractivity contribution >= 4 is 34.0 Å².